The second kappa shape index (κ2) is 2.16. The third-order valence-corrected chi connectivity index (χ3v) is 2.84. The lowest BCUT2D eigenvalue weighted by atomic mass is 10.2. The minimum atomic E-state index is -9.57. The molecule has 14 heavy (non-hydrogen) atoms. The first-order valence-corrected chi connectivity index (χ1v) is 5.45. The van der Waals surface area contributed by atoms with Crippen LogP contribution in [0.1, 0.15) is 5.56 Å². The number of halogens is 5. The molecular formula is C7H8F5NS. The number of rotatable bonds is 1. The van der Waals surface area contributed by atoms with Gasteiger partial charge in [-0.05, 0) is 24.6 Å². The molecule has 1 aromatic carbocycles. The molecule has 1 rings (SSSR count). The lowest BCUT2D eigenvalue weighted by molar-refractivity contribution is 0.364. The smallest absolute Gasteiger partial charge is 0.310 e. The van der Waals surface area contributed by atoms with E-state index < -0.39 is 15.1 Å². The molecule has 0 saturated carbocycles. The van der Waals surface area contributed by atoms with Crippen LogP contribution in [0.15, 0.2) is 23.1 Å². The van der Waals surface area contributed by atoms with Crippen molar-refractivity contribution in [3.63, 3.8) is 0 Å². The molecule has 0 spiro atoms. The summed E-state index contributed by atoms with van der Waals surface area (Å²) in [4.78, 5) is -1.95. The quantitative estimate of drug-likeness (QED) is 0.570. The molecular weight excluding hydrogens is 225 g/mol. The van der Waals surface area contributed by atoms with Gasteiger partial charge >= 0.3 is 10.2 Å². The monoisotopic (exact) mass is 233 g/mol. The molecule has 0 unspecified atom stereocenters. The lowest BCUT2D eigenvalue weighted by Gasteiger charge is -2.40. The van der Waals surface area contributed by atoms with Crippen LogP contribution in [0.25, 0.3) is 0 Å². The number of hydrogen-bond donors (Lipinski definition) is 1. The summed E-state index contributed by atoms with van der Waals surface area (Å²) in [5.41, 5.74) is 5.15. The summed E-state index contributed by atoms with van der Waals surface area (Å²) in [5.74, 6) is 0. The summed E-state index contributed by atoms with van der Waals surface area (Å²) in [5, 5.41) is 0. The molecule has 1 aromatic rings. The fourth-order valence-corrected chi connectivity index (χ4v) is 1.53. The normalized spacial score (nSPS) is 17.3. The summed E-state index contributed by atoms with van der Waals surface area (Å²) < 4.78 is 61.0. The van der Waals surface area contributed by atoms with E-state index in [1.54, 1.807) is 0 Å². The number of benzene rings is 1. The molecule has 1 nitrogen and oxygen atoms in total. The van der Waals surface area contributed by atoms with Crippen LogP contribution in [0, 0.1) is 6.92 Å². The summed E-state index contributed by atoms with van der Waals surface area (Å²) >= 11 is 0. The Bertz CT molecular complexity index is 382. The Morgan fingerprint density at radius 3 is 1.93 bits per heavy atom. The molecule has 2 N–H and O–H groups in total. The van der Waals surface area contributed by atoms with E-state index in [0.717, 1.165) is 6.07 Å². The van der Waals surface area contributed by atoms with E-state index in [1.807, 2.05) is 0 Å². The first kappa shape index (κ1) is 11.1. The van der Waals surface area contributed by atoms with Crippen molar-refractivity contribution in [3.8, 4) is 0 Å². The maximum Gasteiger partial charge on any atom is 0.310 e. The van der Waals surface area contributed by atoms with Gasteiger partial charge in [-0.1, -0.05) is 25.5 Å². The van der Waals surface area contributed by atoms with E-state index in [-0.39, 0.29) is 11.8 Å². The van der Waals surface area contributed by atoms with Crippen molar-refractivity contribution in [2.75, 3.05) is 5.73 Å². The summed E-state index contributed by atoms with van der Waals surface area (Å²) in [7, 11) is -9.57. The van der Waals surface area contributed by atoms with E-state index in [9.17, 15) is 19.4 Å². The van der Waals surface area contributed by atoms with Crippen molar-refractivity contribution in [1.82, 2.24) is 0 Å². The van der Waals surface area contributed by atoms with Crippen molar-refractivity contribution in [2.45, 2.75) is 11.8 Å². The predicted octanol–water partition coefficient (Wildman–Crippen LogP) is 4.23. The minimum absolute atomic E-state index is 0.261. The zero-order chi connectivity index (χ0) is 11.3. The van der Waals surface area contributed by atoms with Gasteiger partial charge < -0.3 is 5.73 Å². The van der Waals surface area contributed by atoms with Gasteiger partial charge in [-0.2, -0.15) is 0 Å². The van der Waals surface area contributed by atoms with Crippen molar-refractivity contribution >= 4 is 15.9 Å². The van der Waals surface area contributed by atoms with Crippen LogP contribution in [0.5, 0.6) is 0 Å². The van der Waals surface area contributed by atoms with Gasteiger partial charge in [0, 0.05) is 5.69 Å². The van der Waals surface area contributed by atoms with Crippen molar-refractivity contribution in [2.24, 2.45) is 0 Å². The molecule has 0 aliphatic carbocycles. The van der Waals surface area contributed by atoms with Crippen LogP contribution < -0.4 is 5.73 Å². The van der Waals surface area contributed by atoms with E-state index >= 15 is 0 Å². The Morgan fingerprint density at radius 2 is 1.57 bits per heavy atom. The van der Waals surface area contributed by atoms with Crippen LogP contribution in [-0.2, 0) is 0 Å². The molecule has 0 saturated heterocycles. The van der Waals surface area contributed by atoms with Gasteiger partial charge in [-0.25, -0.2) is 0 Å². The predicted molar refractivity (Wildman–Crippen MR) is 47.0 cm³/mol. The Kier molecular flexibility index (Phi) is 1.71. The standard InChI is InChI=1S/C7H8F5NS/c1-5-2-3-6(4-7(5)13)14(8,9,10,11)12/h2-4H,13H2,1H3. The third kappa shape index (κ3) is 2.28. The van der Waals surface area contributed by atoms with Crippen LogP contribution in [0.3, 0.4) is 0 Å². The zero-order valence-corrected chi connectivity index (χ0v) is 7.92. The first-order valence-electron chi connectivity index (χ1n) is 3.50. The average Bonchev–Trinajstić information content (AvgIpc) is 1.89. The van der Waals surface area contributed by atoms with Gasteiger partial charge in [-0.15, -0.1) is 0 Å². The number of hydrogen-bond acceptors (Lipinski definition) is 1. The molecule has 0 bridgehead atoms. The summed E-state index contributed by atoms with van der Waals surface area (Å²) in [6.07, 6.45) is 0. The van der Waals surface area contributed by atoms with Crippen molar-refractivity contribution in [3.05, 3.63) is 23.8 Å². The second-order valence-electron chi connectivity index (χ2n) is 2.99. The molecule has 0 aromatic heterocycles. The Balaban J connectivity index is 3.45. The first-order chi connectivity index (χ1) is 5.90. The molecule has 0 fully saturated rings. The van der Waals surface area contributed by atoms with Crippen LogP contribution in [0.4, 0.5) is 25.1 Å². The largest absolute Gasteiger partial charge is 0.398 e. The van der Waals surface area contributed by atoms with Gasteiger partial charge in [0.2, 0.25) is 0 Å². The molecule has 82 valence electrons. The van der Waals surface area contributed by atoms with E-state index in [4.69, 9.17) is 5.73 Å². The molecule has 0 heterocycles. The van der Waals surface area contributed by atoms with Gasteiger partial charge in [0.25, 0.3) is 0 Å². The highest BCUT2D eigenvalue weighted by Crippen LogP contribution is 3.02. The third-order valence-electron chi connectivity index (χ3n) is 1.70. The molecule has 0 aliphatic rings. The van der Waals surface area contributed by atoms with Crippen molar-refractivity contribution < 1.29 is 19.4 Å². The van der Waals surface area contributed by atoms with Gasteiger partial charge in [0.1, 0.15) is 4.90 Å². The molecule has 0 aliphatic heterocycles. The summed E-state index contributed by atoms with van der Waals surface area (Å²) in [6, 6.07) is 1.52. The molecule has 0 radical (unpaired) electrons. The van der Waals surface area contributed by atoms with Gasteiger partial charge in [-0.3, -0.25) is 0 Å². The Hall–Kier alpha value is -0.980. The van der Waals surface area contributed by atoms with Gasteiger partial charge in [0.15, 0.2) is 0 Å². The number of nitrogens with two attached hydrogens (primary N) is 1. The van der Waals surface area contributed by atoms with E-state index in [2.05, 4.69) is 0 Å². The maximum absolute atomic E-state index is 12.2. The Morgan fingerprint density at radius 1 is 1.07 bits per heavy atom. The highest BCUT2D eigenvalue weighted by molar-refractivity contribution is 8.45. The molecule has 0 atom stereocenters. The second-order valence-corrected chi connectivity index (χ2v) is 5.40. The highest BCUT2D eigenvalue weighted by atomic mass is 32.5. The molecule has 0 amide bonds. The lowest BCUT2D eigenvalue weighted by Crippen LogP contribution is -2.06. The topological polar surface area (TPSA) is 26.0 Å². The minimum Gasteiger partial charge on any atom is -0.398 e. The van der Waals surface area contributed by atoms with E-state index in [1.165, 1.54) is 6.92 Å². The molecule has 7 heteroatoms. The number of aryl methyl sites for hydroxylation is 1. The summed E-state index contributed by atoms with van der Waals surface area (Å²) in [6.45, 7) is 1.44. The zero-order valence-electron chi connectivity index (χ0n) is 7.11. The fraction of sp³-hybridized carbons (Fsp3) is 0.143. The number of anilines is 1. The van der Waals surface area contributed by atoms with Crippen molar-refractivity contribution in [1.29, 1.82) is 0 Å². The van der Waals surface area contributed by atoms with Crippen LogP contribution in [-0.4, -0.2) is 0 Å². The highest BCUT2D eigenvalue weighted by Gasteiger charge is 2.65. The SMILES string of the molecule is Cc1ccc(S(F)(F)(F)(F)F)cc1N. The average molecular weight is 233 g/mol. The van der Waals surface area contributed by atoms with Gasteiger partial charge in [0.05, 0.1) is 0 Å². The van der Waals surface area contributed by atoms with E-state index in [0.29, 0.717) is 11.6 Å². The Labute approximate surface area is 77.4 Å². The fourth-order valence-electron chi connectivity index (χ4n) is 0.859. The number of nitrogen functional groups attached to an aromatic ring is 1. The van der Waals surface area contributed by atoms with Crippen LogP contribution >= 0.6 is 10.2 Å². The van der Waals surface area contributed by atoms with Crippen LogP contribution in [0.2, 0.25) is 0 Å². The maximum atomic E-state index is 12.2.